The van der Waals surface area contributed by atoms with Crippen LogP contribution < -0.4 is 0 Å². The molecule has 0 amide bonds. The standard InChI is InChI=1S/C7H12O2/c8-6-2-4-1-5(6)3-7(4)9/h4-9H,1-3H2/t4?,5?,6-,7-/m1/s1. The molecule has 2 aliphatic carbocycles. The molecule has 0 saturated heterocycles. The molecule has 2 unspecified atom stereocenters. The second-order valence-corrected chi connectivity index (χ2v) is 3.36. The van der Waals surface area contributed by atoms with Crippen LogP contribution >= 0.6 is 0 Å². The lowest BCUT2D eigenvalue weighted by Gasteiger charge is -2.19. The summed E-state index contributed by atoms with van der Waals surface area (Å²) in [7, 11) is 0. The Balaban J connectivity index is 2.10. The largest absolute Gasteiger partial charge is 0.393 e. The molecular weight excluding hydrogens is 116 g/mol. The second-order valence-electron chi connectivity index (χ2n) is 3.36. The van der Waals surface area contributed by atoms with E-state index in [9.17, 15) is 10.2 Å². The van der Waals surface area contributed by atoms with E-state index in [2.05, 4.69) is 0 Å². The van der Waals surface area contributed by atoms with Crippen LogP contribution in [0.15, 0.2) is 0 Å². The lowest BCUT2D eigenvalue weighted by Crippen LogP contribution is -2.24. The topological polar surface area (TPSA) is 40.5 Å². The molecule has 0 radical (unpaired) electrons. The molecule has 2 bridgehead atoms. The van der Waals surface area contributed by atoms with Crippen molar-refractivity contribution in [3.63, 3.8) is 0 Å². The first-order chi connectivity index (χ1) is 4.27. The molecule has 2 heteroatoms. The SMILES string of the molecule is O[C@@H]1CC2CC1C[C@H]2O. The highest BCUT2D eigenvalue weighted by Crippen LogP contribution is 2.44. The van der Waals surface area contributed by atoms with Crippen LogP contribution in [0.2, 0.25) is 0 Å². The highest BCUT2D eigenvalue weighted by molar-refractivity contribution is 4.95. The minimum Gasteiger partial charge on any atom is -0.393 e. The van der Waals surface area contributed by atoms with E-state index < -0.39 is 0 Å². The predicted octanol–water partition coefficient (Wildman–Crippen LogP) is 0.138. The van der Waals surface area contributed by atoms with Crippen molar-refractivity contribution in [2.24, 2.45) is 11.8 Å². The van der Waals surface area contributed by atoms with Gasteiger partial charge in [-0.3, -0.25) is 0 Å². The summed E-state index contributed by atoms with van der Waals surface area (Å²) in [5.74, 6) is 0.843. The molecule has 9 heavy (non-hydrogen) atoms. The summed E-state index contributed by atoms with van der Waals surface area (Å²) in [6.45, 7) is 0. The van der Waals surface area contributed by atoms with Crippen LogP contribution in [0.25, 0.3) is 0 Å². The Labute approximate surface area is 54.5 Å². The first-order valence-corrected chi connectivity index (χ1v) is 3.63. The minimum atomic E-state index is -0.0987. The Hall–Kier alpha value is -0.0800. The van der Waals surface area contributed by atoms with Gasteiger partial charge in [0.05, 0.1) is 12.2 Å². The normalized spacial score (nSPS) is 56.7. The monoisotopic (exact) mass is 128 g/mol. The molecule has 0 spiro atoms. The molecule has 0 heterocycles. The summed E-state index contributed by atoms with van der Waals surface area (Å²) >= 11 is 0. The van der Waals surface area contributed by atoms with E-state index in [-0.39, 0.29) is 12.2 Å². The molecule has 0 aliphatic heterocycles. The number of fused-ring (bicyclic) bond motifs is 2. The summed E-state index contributed by atoms with van der Waals surface area (Å²) < 4.78 is 0. The van der Waals surface area contributed by atoms with Gasteiger partial charge in [0.25, 0.3) is 0 Å². The zero-order valence-electron chi connectivity index (χ0n) is 5.33. The van der Waals surface area contributed by atoms with Gasteiger partial charge in [-0.1, -0.05) is 0 Å². The van der Waals surface area contributed by atoms with Gasteiger partial charge in [-0.05, 0) is 31.1 Å². The lowest BCUT2D eigenvalue weighted by atomic mass is 9.95. The van der Waals surface area contributed by atoms with Gasteiger partial charge in [0.15, 0.2) is 0 Å². The average Bonchev–Trinajstić information content (AvgIpc) is 2.24. The highest BCUT2D eigenvalue weighted by atomic mass is 16.3. The molecule has 2 N–H and O–H groups in total. The molecule has 0 aromatic rings. The summed E-state index contributed by atoms with van der Waals surface area (Å²) in [5.41, 5.74) is 0. The van der Waals surface area contributed by atoms with Crippen LogP contribution in [0.1, 0.15) is 19.3 Å². The van der Waals surface area contributed by atoms with Crippen molar-refractivity contribution in [2.45, 2.75) is 31.5 Å². The molecule has 0 aromatic carbocycles. The van der Waals surface area contributed by atoms with Crippen molar-refractivity contribution in [1.82, 2.24) is 0 Å². The Morgan fingerprint density at radius 3 is 1.44 bits per heavy atom. The first kappa shape index (κ1) is 5.69. The van der Waals surface area contributed by atoms with Crippen molar-refractivity contribution >= 4 is 0 Å². The average molecular weight is 128 g/mol. The maximum Gasteiger partial charge on any atom is 0.0573 e. The lowest BCUT2D eigenvalue weighted by molar-refractivity contribution is 0.0447. The van der Waals surface area contributed by atoms with Crippen LogP contribution in [0, 0.1) is 11.8 Å². The van der Waals surface area contributed by atoms with Crippen molar-refractivity contribution in [3.05, 3.63) is 0 Å². The molecule has 0 aromatic heterocycles. The third kappa shape index (κ3) is 0.700. The van der Waals surface area contributed by atoms with Crippen LogP contribution in [0.3, 0.4) is 0 Å². The maximum atomic E-state index is 9.23. The van der Waals surface area contributed by atoms with E-state index in [1.165, 1.54) is 0 Å². The van der Waals surface area contributed by atoms with E-state index in [0.29, 0.717) is 11.8 Å². The molecule has 2 saturated carbocycles. The summed E-state index contributed by atoms with van der Waals surface area (Å²) in [6.07, 6.45) is 2.54. The van der Waals surface area contributed by atoms with Gasteiger partial charge in [0, 0.05) is 0 Å². The van der Waals surface area contributed by atoms with E-state index >= 15 is 0 Å². The smallest absolute Gasteiger partial charge is 0.0573 e. The number of aliphatic hydroxyl groups excluding tert-OH is 2. The summed E-state index contributed by atoms with van der Waals surface area (Å²) in [4.78, 5) is 0. The Morgan fingerprint density at radius 2 is 1.22 bits per heavy atom. The molecule has 4 atom stereocenters. The summed E-state index contributed by atoms with van der Waals surface area (Å²) in [5, 5.41) is 18.5. The van der Waals surface area contributed by atoms with E-state index in [0.717, 1.165) is 19.3 Å². The number of hydrogen-bond donors (Lipinski definition) is 2. The van der Waals surface area contributed by atoms with Crippen LogP contribution in [0.4, 0.5) is 0 Å². The summed E-state index contributed by atoms with van der Waals surface area (Å²) in [6, 6.07) is 0. The Morgan fingerprint density at radius 1 is 0.778 bits per heavy atom. The fourth-order valence-corrected chi connectivity index (χ4v) is 2.21. The Kier molecular flexibility index (Phi) is 1.08. The van der Waals surface area contributed by atoms with Gasteiger partial charge in [-0.25, -0.2) is 0 Å². The number of hydrogen-bond acceptors (Lipinski definition) is 2. The van der Waals surface area contributed by atoms with Crippen molar-refractivity contribution < 1.29 is 10.2 Å². The van der Waals surface area contributed by atoms with Crippen molar-refractivity contribution in [2.75, 3.05) is 0 Å². The van der Waals surface area contributed by atoms with E-state index in [4.69, 9.17) is 0 Å². The number of aliphatic hydroxyl groups is 2. The third-order valence-corrected chi connectivity index (χ3v) is 2.78. The molecular formula is C7H12O2. The van der Waals surface area contributed by atoms with Crippen LogP contribution in [-0.4, -0.2) is 22.4 Å². The predicted molar refractivity (Wildman–Crippen MR) is 32.8 cm³/mol. The zero-order chi connectivity index (χ0) is 6.43. The van der Waals surface area contributed by atoms with Gasteiger partial charge in [-0.2, -0.15) is 0 Å². The molecule has 2 fully saturated rings. The van der Waals surface area contributed by atoms with Crippen molar-refractivity contribution in [3.8, 4) is 0 Å². The first-order valence-electron chi connectivity index (χ1n) is 3.63. The molecule has 2 nitrogen and oxygen atoms in total. The fourth-order valence-electron chi connectivity index (χ4n) is 2.21. The highest BCUT2D eigenvalue weighted by Gasteiger charge is 2.44. The van der Waals surface area contributed by atoms with E-state index in [1.807, 2.05) is 0 Å². The van der Waals surface area contributed by atoms with E-state index in [1.54, 1.807) is 0 Å². The maximum absolute atomic E-state index is 9.23. The fraction of sp³-hybridized carbons (Fsp3) is 1.00. The quantitative estimate of drug-likeness (QED) is 0.487. The van der Waals surface area contributed by atoms with Crippen molar-refractivity contribution in [1.29, 1.82) is 0 Å². The van der Waals surface area contributed by atoms with Gasteiger partial charge >= 0.3 is 0 Å². The van der Waals surface area contributed by atoms with Gasteiger partial charge in [0.2, 0.25) is 0 Å². The molecule has 2 rings (SSSR count). The van der Waals surface area contributed by atoms with Gasteiger partial charge in [0.1, 0.15) is 0 Å². The second kappa shape index (κ2) is 1.70. The molecule has 2 aliphatic rings. The third-order valence-electron chi connectivity index (χ3n) is 2.78. The van der Waals surface area contributed by atoms with Crippen LogP contribution in [0.5, 0.6) is 0 Å². The Bertz CT molecular complexity index is 106. The van der Waals surface area contributed by atoms with Gasteiger partial charge in [-0.15, -0.1) is 0 Å². The molecule has 52 valence electrons. The van der Waals surface area contributed by atoms with Crippen LogP contribution in [-0.2, 0) is 0 Å². The minimum absolute atomic E-state index is 0.0987. The van der Waals surface area contributed by atoms with Gasteiger partial charge < -0.3 is 10.2 Å². The number of rotatable bonds is 0. The zero-order valence-corrected chi connectivity index (χ0v) is 5.33.